The highest BCUT2D eigenvalue weighted by atomic mass is 79.9. The number of nitrogens with one attached hydrogen (secondary N) is 1. The number of halogens is 2. The standard InChI is InChI=1S/C14H15BrFNO/c1-9(2)17-8-11-4-3-10(7-13(11)16)14-12(15)5-6-18-14/h3-7,9,17H,8H2,1-2H3. The first-order valence-electron chi connectivity index (χ1n) is 5.83. The van der Waals surface area contributed by atoms with Gasteiger partial charge < -0.3 is 9.73 Å². The van der Waals surface area contributed by atoms with E-state index in [1.165, 1.54) is 6.07 Å². The number of hydrogen-bond donors (Lipinski definition) is 1. The van der Waals surface area contributed by atoms with Crippen molar-refractivity contribution in [2.45, 2.75) is 26.4 Å². The Morgan fingerprint density at radius 2 is 2.11 bits per heavy atom. The van der Waals surface area contributed by atoms with E-state index in [0.717, 1.165) is 10.0 Å². The van der Waals surface area contributed by atoms with Crippen LogP contribution in [-0.2, 0) is 6.54 Å². The van der Waals surface area contributed by atoms with E-state index in [2.05, 4.69) is 21.2 Å². The van der Waals surface area contributed by atoms with Gasteiger partial charge in [-0.05, 0) is 28.1 Å². The lowest BCUT2D eigenvalue weighted by molar-refractivity contribution is 0.551. The van der Waals surface area contributed by atoms with Crippen LogP contribution in [0.1, 0.15) is 19.4 Å². The smallest absolute Gasteiger partial charge is 0.148 e. The minimum atomic E-state index is -0.219. The van der Waals surface area contributed by atoms with Gasteiger partial charge in [-0.15, -0.1) is 0 Å². The molecule has 0 saturated carbocycles. The molecule has 0 aliphatic rings. The molecule has 18 heavy (non-hydrogen) atoms. The monoisotopic (exact) mass is 311 g/mol. The molecule has 1 aromatic carbocycles. The Hall–Kier alpha value is -1.13. The second kappa shape index (κ2) is 5.67. The van der Waals surface area contributed by atoms with Gasteiger partial charge in [0.25, 0.3) is 0 Å². The maximum atomic E-state index is 13.9. The van der Waals surface area contributed by atoms with E-state index >= 15 is 0 Å². The summed E-state index contributed by atoms with van der Waals surface area (Å²) in [7, 11) is 0. The Morgan fingerprint density at radius 1 is 1.33 bits per heavy atom. The predicted octanol–water partition coefficient (Wildman–Crippen LogP) is 4.35. The highest BCUT2D eigenvalue weighted by molar-refractivity contribution is 9.10. The van der Waals surface area contributed by atoms with Crippen LogP contribution in [0.2, 0.25) is 0 Å². The highest BCUT2D eigenvalue weighted by Gasteiger charge is 2.10. The molecular weight excluding hydrogens is 297 g/mol. The van der Waals surface area contributed by atoms with E-state index < -0.39 is 0 Å². The lowest BCUT2D eigenvalue weighted by Crippen LogP contribution is -2.22. The highest BCUT2D eigenvalue weighted by Crippen LogP contribution is 2.30. The van der Waals surface area contributed by atoms with Crippen LogP contribution < -0.4 is 5.32 Å². The third-order valence-electron chi connectivity index (χ3n) is 2.63. The Kier molecular flexibility index (Phi) is 4.19. The van der Waals surface area contributed by atoms with Gasteiger partial charge in [-0.25, -0.2) is 4.39 Å². The van der Waals surface area contributed by atoms with Crippen LogP contribution in [-0.4, -0.2) is 6.04 Å². The van der Waals surface area contributed by atoms with Gasteiger partial charge in [-0.1, -0.05) is 26.0 Å². The Labute approximate surface area is 114 Å². The Bertz CT molecular complexity index is 536. The van der Waals surface area contributed by atoms with Crippen LogP contribution in [0.25, 0.3) is 11.3 Å². The summed E-state index contributed by atoms with van der Waals surface area (Å²) in [6.07, 6.45) is 1.57. The second-order valence-corrected chi connectivity index (χ2v) is 5.29. The summed E-state index contributed by atoms with van der Waals surface area (Å²) in [5.74, 6) is 0.432. The van der Waals surface area contributed by atoms with Gasteiger partial charge in [0.15, 0.2) is 0 Å². The summed E-state index contributed by atoms with van der Waals surface area (Å²) in [5.41, 5.74) is 1.40. The number of rotatable bonds is 4. The zero-order valence-corrected chi connectivity index (χ0v) is 11.9. The van der Waals surface area contributed by atoms with Gasteiger partial charge in [-0.2, -0.15) is 0 Å². The molecule has 0 aliphatic heterocycles. The first-order chi connectivity index (χ1) is 8.58. The van der Waals surface area contributed by atoms with Crippen molar-refractivity contribution < 1.29 is 8.81 Å². The minimum absolute atomic E-state index is 0.219. The summed E-state index contributed by atoms with van der Waals surface area (Å²) in [4.78, 5) is 0. The van der Waals surface area contributed by atoms with Gasteiger partial charge >= 0.3 is 0 Å². The third kappa shape index (κ3) is 3.00. The van der Waals surface area contributed by atoms with Crippen LogP contribution in [0.3, 0.4) is 0 Å². The first kappa shape index (κ1) is 13.3. The molecule has 1 N–H and O–H groups in total. The summed E-state index contributed by atoms with van der Waals surface area (Å²) in [5, 5.41) is 3.20. The zero-order valence-electron chi connectivity index (χ0n) is 10.3. The molecular formula is C14H15BrFNO. The molecule has 0 atom stereocenters. The fraction of sp³-hybridized carbons (Fsp3) is 0.286. The summed E-state index contributed by atoms with van der Waals surface area (Å²) in [6.45, 7) is 4.60. The molecule has 0 spiro atoms. The van der Waals surface area contributed by atoms with Crippen molar-refractivity contribution in [3.8, 4) is 11.3 Å². The topological polar surface area (TPSA) is 25.2 Å². The van der Waals surface area contributed by atoms with E-state index in [1.54, 1.807) is 18.4 Å². The molecule has 0 radical (unpaired) electrons. The minimum Gasteiger partial charge on any atom is -0.463 e. The fourth-order valence-electron chi connectivity index (χ4n) is 1.65. The molecule has 0 aliphatic carbocycles. The van der Waals surface area contributed by atoms with Crippen molar-refractivity contribution >= 4 is 15.9 Å². The summed E-state index contributed by atoms with van der Waals surface area (Å²) >= 11 is 3.37. The van der Waals surface area contributed by atoms with E-state index in [4.69, 9.17) is 4.42 Å². The van der Waals surface area contributed by atoms with E-state index in [0.29, 0.717) is 23.9 Å². The molecule has 4 heteroatoms. The Balaban J connectivity index is 2.22. The molecule has 0 fully saturated rings. The largest absolute Gasteiger partial charge is 0.463 e. The average molecular weight is 312 g/mol. The van der Waals surface area contributed by atoms with Crippen molar-refractivity contribution in [2.75, 3.05) is 0 Å². The SMILES string of the molecule is CC(C)NCc1ccc(-c2occc2Br)cc1F. The van der Waals surface area contributed by atoms with Gasteiger partial charge in [0.05, 0.1) is 10.7 Å². The quantitative estimate of drug-likeness (QED) is 0.908. The molecule has 2 rings (SSSR count). The molecule has 1 aromatic heterocycles. The fourth-order valence-corrected chi connectivity index (χ4v) is 2.08. The zero-order chi connectivity index (χ0) is 13.1. The average Bonchev–Trinajstić information content (AvgIpc) is 2.73. The van der Waals surface area contributed by atoms with Crippen molar-refractivity contribution in [3.63, 3.8) is 0 Å². The lowest BCUT2D eigenvalue weighted by atomic mass is 10.1. The van der Waals surface area contributed by atoms with Crippen LogP contribution in [0.4, 0.5) is 4.39 Å². The third-order valence-corrected chi connectivity index (χ3v) is 3.26. The van der Waals surface area contributed by atoms with E-state index in [9.17, 15) is 4.39 Å². The van der Waals surface area contributed by atoms with Crippen molar-refractivity contribution in [1.29, 1.82) is 0 Å². The van der Waals surface area contributed by atoms with Gasteiger partial charge in [0, 0.05) is 23.7 Å². The molecule has 96 valence electrons. The van der Waals surface area contributed by atoms with Crippen molar-refractivity contribution in [1.82, 2.24) is 5.32 Å². The van der Waals surface area contributed by atoms with E-state index in [-0.39, 0.29) is 5.82 Å². The van der Waals surface area contributed by atoms with Crippen LogP contribution in [0.15, 0.2) is 39.4 Å². The lowest BCUT2D eigenvalue weighted by Gasteiger charge is -2.09. The molecule has 2 nitrogen and oxygen atoms in total. The van der Waals surface area contributed by atoms with Gasteiger partial charge in [-0.3, -0.25) is 0 Å². The molecule has 2 aromatic rings. The number of benzene rings is 1. The van der Waals surface area contributed by atoms with E-state index in [1.807, 2.05) is 19.9 Å². The normalized spacial score (nSPS) is 11.2. The predicted molar refractivity (Wildman–Crippen MR) is 73.8 cm³/mol. The molecule has 1 heterocycles. The summed E-state index contributed by atoms with van der Waals surface area (Å²) < 4.78 is 20.1. The second-order valence-electron chi connectivity index (χ2n) is 4.44. The maximum absolute atomic E-state index is 13.9. The number of hydrogen-bond acceptors (Lipinski definition) is 2. The van der Waals surface area contributed by atoms with Crippen molar-refractivity contribution in [2.24, 2.45) is 0 Å². The summed E-state index contributed by atoms with van der Waals surface area (Å²) in [6, 6.07) is 7.28. The molecule has 0 saturated heterocycles. The van der Waals surface area contributed by atoms with Gasteiger partial charge in [0.2, 0.25) is 0 Å². The van der Waals surface area contributed by atoms with Crippen LogP contribution in [0, 0.1) is 5.82 Å². The molecule has 0 unspecified atom stereocenters. The van der Waals surface area contributed by atoms with Gasteiger partial charge in [0.1, 0.15) is 11.6 Å². The first-order valence-corrected chi connectivity index (χ1v) is 6.62. The molecule has 0 amide bonds. The Morgan fingerprint density at radius 3 is 2.67 bits per heavy atom. The molecule has 0 bridgehead atoms. The van der Waals surface area contributed by atoms with Crippen LogP contribution >= 0.6 is 15.9 Å². The van der Waals surface area contributed by atoms with Crippen molar-refractivity contribution in [3.05, 3.63) is 46.4 Å². The number of furan rings is 1. The van der Waals surface area contributed by atoms with Crippen LogP contribution in [0.5, 0.6) is 0 Å². The maximum Gasteiger partial charge on any atom is 0.148 e.